The minimum atomic E-state index is -4.66. The summed E-state index contributed by atoms with van der Waals surface area (Å²) in [5, 5.41) is 2.96. The number of alkyl halides is 3. The fourth-order valence-corrected chi connectivity index (χ4v) is 2.68. The molecular weight excluding hydrogens is 349 g/mol. The van der Waals surface area contributed by atoms with Gasteiger partial charge in [-0.25, -0.2) is 14.5 Å². The topological polar surface area (TPSA) is 116 Å². The molecule has 1 saturated carbocycles. The average molecular weight is 364 g/mol. The molecule has 1 heterocycles. The molecule has 0 radical (unpaired) electrons. The lowest BCUT2D eigenvalue weighted by Crippen LogP contribution is -2.48. The van der Waals surface area contributed by atoms with Crippen LogP contribution in [0.2, 0.25) is 0 Å². The first-order valence-corrected chi connectivity index (χ1v) is 7.43. The molecule has 9 nitrogen and oxygen atoms in total. The van der Waals surface area contributed by atoms with E-state index in [4.69, 9.17) is 0 Å². The van der Waals surface area contributed by atoms with Crippen molar-refractivity contribution in [2.75, 3.05) is 13.1 Å². The largest absolute Gasteiger partial charge is 0.405 e. The highest BCUT2D eigenvalue weighted by Crippen LogP contribution is 2.27. The van der Waals surface area contributed by atoms with Crippen molar-refractivity contribution in [3.05, 3.63) is 0 Å². The Morgan fingerprint density at radius 1 is 1.08 bits per heavy atom. The molecule has 2 fully saturated rings. The second kappa shape index (κ2) is 7.07. The highest BCUT2D eigenvalue weighted by Gasteiger charge is 2.48. The first-order valence-electron chi connectivity index (χ1n) is 7.43. The van der Waals surface area contributed by atoms with Crippen LogP contribution in [0.5, 0.6) is 0 Å². The second-order valence-electron chi connectivity index (χ2n) is 5.63. The van der Waals surface area contributed by atoms with Gasteiger partial charge in [0.05, 0.1) is 0 Å². The van der Waals surface area contributed by atoms with Crippen LogP contribution in [0.1, 0.15) is 25.7 Å². The number of hydrogen-bond donors (Lipinski definition) is 2. The molecule has 12 heteroatoms. The Morgan fingerprint density at radius 3 is 2.24 bits per heavy atom. The van der Waals surface area contributed by atoms with E-state index in [1.54, 1.807) is 5.32 Å². The number of halogens is 3. The van der Waals surface area contributed by atoms with Gasteiger partial charge in [0.25, 0.3) is 0 Å². The molecule has 1 saturated heterocycles. The maximum absolute atomic E-state index is 12.2. The third kappa shape index (κ3) is 4.45. The molecule has 2 rings (SSSR count). The van der Waals surface area contributed by atoms with Crippen LogP contribution in [0, 0.1) is 0 Å². The average Bonchev–Trinajstić information content (AvgIpc) is 3.08. The van der Waals surface area contributed by atoms with E-state index < -0.39 is 55.1 Å². The Kier molecular flexibility index (Phi) is 5.28. The molecule has 0 bridgehead atoms. The summed E-state index contributed by atoms with van der Waals surface area (Å²) in [5.74, 6) is -3.45. The number of carbonyl (C=O) groups is 5. The number of imide groups is 3. The summed E-state index contributed by atoms with van der Waals surface area (Å²) < 4.78 is 35.8. The summed E-state index contributed by atoms with van der Waals surface area (Å²) in [6.07, 6.45) is -1.93. The SMILES string of the molecule is O=C(CN1C(=O)C(=O)N(C2CCCC2)C1=O)NC(=O)NCC(F)(F)F. The van der Waals surface area contributed by atoms with Crippen LogP contribution in [0.15, 0.2) is 0 Å². The third-order valence-corrected chi connectivity index (χ3v) is 3.78. The molecule has 2 N–H and O–H groups in total. The van der Waals surface area contributed by atoms with Crippen molar-refractivity contribution >= 4 is 29.8 Å². The van der Waals surface area contributed by atoms with Gasteiger partial charge < -0.3 is 5.32 Å². The summed E-state index contributed by atoms with van der Waals surface area (Å²) in [6, 6.07) is -2.81. The third-order valence-electron chi connectivity index (χ3n) is 3.78. The van der Waals surface area contributed by atoms with Gasteiger partial charge >= 0.3 is 30.1 Å². The van der Waals surface area contributed by atoms with E-state index in [2.05, 4.69) is 0 Å². The molecule has 7 amide bonds. The number of nitrogens with one attached hydrogen (secondary N) is 2. The summed E-state index contributed by atoms with van der Waals surface area (Å²) in [7, 11) is 0. The summed E-state index contributed by atoms with van der Waals surface area (Å²) in [4.78, 5) is 59.9. The normalized spacial score (nSPS) is 18.9. The van der Waals surface area contributed by atoms with Gasteiger partial charge in [-0.1, -0.05) is 12.8 Å². The van der Waals surface area contributed by atoms with Gasteiger partial charge in [-0.3, -0.25) is 24.6 Å². The molecule has 1 aliphatic heterocycles. The fraction of sp³-hybridized carbons (Fsp3) is 0.615. The van der Waals surface area contributed by atoms with E-state index in [-0.39, 0.29) is 0 Å². The number of hydrogen-bond acceptors (Lipinski definition) is 5. The van der Waals surface area contributed by atoms with E-state index in [9.17, 15) is 37.1 Å². The van der Waals surface area contributed by atoms with Crippen LogP contribution in [-0.2, 0) is 14.4 Å². The predicted octanol–water partition coefficient (Wildman–Crippen LogP) is 0.108. The second-order valence-corrected chi connectivity index (χ2v) is 5.63. The molecule has 0 aromatic rings. The van der Waals surface area contributed by atoms with E-state index in [1.807, 2.05) is 0 Å². The van der Waals surface area contributed by atoms with Crippen LogP contribution in [0.3, 0.4) is 0 Å². The van der Waals surface area contributed by atoms with Crippen molar-refractivity contribution in [2.45, 2.75) is 37.9 Å². The van der Waals surface area contributed by atoms with Gasteiger partial charge in [0, 0.05) is 6.04 Å². The summed E-state index contributed by atoms with van der Waals surface area (Å²) in [6.45, 7) is -2.59. The van der Waals surface area contributed by atoms with E-state index in [0.717, 1.165) is 17.7 Å². The van der Waals surface area contributed by atoms with Gasteiger partial charge in [-0.15, -0.1) is 0 Å². The Morgan fingerprint density at radius 2 is 1.68 bits per heavy atom. The number of rotatable bonds is 4. The lowest BCUT2D eigenvalue weighted by molar-refractivity contribution is -0.144. The molecule has 0 spiro atoms. The Bertz CT molecular complexity index is 615. The number of amides is 7. The molecule has 138 valence electrons. The Labute approximate surface area is 139 Å². The predicted molar refractivity (Wildman–Crippen MR) is 73.8 cm³/mol. The highest BCUT2D eigenvalue weighted by atomic mass is 19.4. The summed E-state index contributed by atoms with van der Waals surface area (Å²) >= 11 is 0. The first-order chi connectivity index (χ1) is 11.6. The Balaban J connectivity index is 1.91. The van der Waals surface area contributed by atoms with Gasteiger partial charge in [0.1, 0.15) is 13.1 Å². The van der Waals surface area contributed by atoms with Crippen LogP contribution in [-0.4, -0.2) is 64.9 Å². The van der Waals surface area contributed by atoms with E-state index >= 15 is 0 Å². The number of urea groups is 2. The lowest BCUT2D eigenvalue weighted by Gasteiger charge is -2.20. The van der Waals surface area contributed by atoms with Crippen LogP contribution in [0.25, 0.3) is 0 Å². The molecule has 0 atom stereocenters. The zero-order valence-electron chi connectivity index (χ0n) is 12.9. The molecule has 2 aliphatic rings. The van der Waals surface area contributed by atoms with Crippen molar-refractivity contribution in [2.24, 2.45) is 0 Å². The monoisotopic (exact) mass is 364 g/mol. The number of carbonyl (C=O) groups excluding carboxylic acids is 5. The zero-order chi connectivity index (χ0) is 18.8. The van der Waals surface area contributed by atoms with Crippen LogP contribution in [0.4, 0.5) is 22.8 Å². The molecule has 25 heavy (non-hydrogen) atoms. The minimum absolute atomic E-state index is 0.368. The van der Waals surface area contributed by atoms with Crippen molar-refractivity contribution in [1.82, 2.24) is 20.4 Å². The Hall–Kier alpha value is -2.66. The van der Waals surface area contributed by atoms with E-state index in [0.29, 0.717) is 17.7 Å². The van der Waals surface area contributed by atoms with Gasteiger partial charge in [0.15, 0.2) is 0 Å². The fourth-order valence-electron chi connectivity index (χ4n) is 2.68. The molecular formula is C13H15F3N4O5. The zero-order valence-corrected chi connectivity index (χ0v) is 12.9. The van der Waals surface area contributed by atoms with E-state index in [1.165, 1.54) is 5.32 Å². The van der Waals surface area contributed by atoms with Gasteiger partial charge in [-0.05, 0) is 12.8 Å². The molecule has 0 aromatic heterocycles. The smallest absolute Gasteiger partial charge is 0.329 e. The molecule has 0 unspecified atom stereocenters. The number of nitrogens with zero attached hydrogens (tertiary/aromatic N) is 2. The van der Waals surface area contributed by atoms with Crippen LogP contribution >= 0.6 is 0 Å². The molecule has 1 aliphatic carbocycles. The maximum Gasteiger partial charge on any atom is 0.405 e. The highest BCUT2D eigenvalue weighted by molar-refractivity contribution is 6.45. The summed E-state index contributed by atoms with van der Waals surface area (Å²) in [5.41, 5.74) is 0. The maximum atomic E-state index is 12.2. The standard InChI is InChI=1S/C13H15F3N4O5/c14-13(15,16)6-17-11(24)18-8(21)5-19-9(22)10(23)20(12(19)25)7-3-1-2-4-7/h7H,1-6H2,(H2,17,18,21,24). The van der Waals surface area contributed by atoms with Crippen molar-refractivity contribution < 1.29 is 37.1 Å². The van der Waals surface area contributed by atoms with Crippen molar-refractivity contribution in [1.29, 1.82) is 0 Å². The quantitative estimate of drug-likeness (QED) is 0.543. The van der Waals surface area contributed by atoms with Crippen LogP contribution < -0.4 is 10.6 Å². The first kappa shape index (κ1) is 18.7. The van der Waals surface area contributed by atoms with Crippen molar-refractivity contribution in [3.63, 3.8) is 0 Å². The van der Waals surface area contributed by atoms with Gasteiger partial charge in [0.2, 0.25) is 5.91 Å². The van der Waals surface area contributed by atoms with Crippen molar-refractivity contribution in [3.8, 4) is 0 Å². The lowest BCUT2D eigenvalue weighted by atomic mass is 10.2. The minimum Gasteiger partial charge on any atom is -0.329 e. The molecule has 0 aromatic carbocycles. The van der Waals surface area contributed by atoms with Gasteiger partial charge in [-0.2, -0.15) is 13.2 Å².